The highest BCUT2D eigenvalue weighted by atomic mass is 32.1. The van der Waals surface area contributed by atoms with Crippen LogP contribution >= 0.6 is 12.2 Å². The molecule has 0 aliphatic heterocycles. The van der Waals surface area contributed by atoms with Crippen molar-refractivity contribution < 1.29 is 9.59 Å². The lowest BCUT2D eigenvalue weighted by Gasteiger charge is -2.03. The average molecular weight is 227 g/mol. The summed E-state index contributed by atoms with van der Waals surface area (Å²) in [6.07, 6.45) is 2.82. The van der Waals surface area contributed by atoms with Crippen LogP contribution in [0.1, 0.15) is 0 Å². The lowest BCUT2D eigenvalue weighted by Crippen LogP contribution is -2.39. The van der Waals surface area contributed by atoms with Gasteiger partial charge in [0.25, 0.3) is 0 Å². The molecule has 1 rings (SSSR count). The Balaban J connectivity index is 2.40. The fourth-order valence-corrected chi connectivity index (χ4v) is 0.827. The number of rotatable bonds is 3. The Bertz CT molecular complexity index is 375. The summed E-state index contributed by atoms with van der Waals surface area (Å²) in [5, 5.41) is 10.6. The smallest absolute Gasteiger partial charge is 0.313 e. The Kier molecular flexibility index (Phi) is 3.75. The van der Waals surface area contributed by atoms with Gasteiger partial charge >= 0.3 is 11.8 Å². The van der Waals surface area contributed by atoms with Gasteiger partial charge in [-0.1, -0.05) is 12.2 Å². The molecule has 0 saturated carbocycles. The Morgan fingerprint density at radius 3 is 2.80 bits per heavy atom. The lowest BCUT2D eigenvalue weighted by molar-refractivity contribution is -0.135. The van der Waals surface area contributed by atoms with Crippen LogP contribution in [-0.2, 0) is 9.59 Å². The van der Waals surface area contributed by atoms with Crippen LogP contribution < -0.4 is 16.4 Å². The molecule has 2 amide bonds. The molecule has 8 heteroatoms. The molecule has 1 aromatic heterocycles. The molecule has 0 fully saturated rings. The molecule has 0 aliphatic carbocycles. The molecule has 0 unspecified atom stereocenters. The number of aromatic nitrogens is 2. The fraction of sp³-hybridized carbons (Fsp3) is 0.143. The van der Waals surface area contributed by atoms with Gasteiger partial charge in [-0.3, -0.25) is 14.7 Å². The van der Waals surface area contributed by atoms with Crippen molar-refractivity contribution >= 4 is 34.7 Å². The van der Waals surface area contributed by atoms with Gasteiger partial charge in [0.1, 0.15) is 0 Å². The maximum atomic E-state index is 11.2. The molecular weight excluding hydrogens is 218 g/mol. The van der Waals surface area contributed by atoms with Crippen LogP contribution in [0.2, 0.25) is 0 Å². The molecule has 0 spiro atoms. The van der Waals surface area contributed by atoms with Crippen molar-refractivity contribution in [2.45, 2.75) is 0 Å². The predicted molar refractivity (Wildman–Crippen MR) is 57.0 cm³/mol. The SMILES string of the molecule is NC(=S)CNC(=O)C(=O)Nc1cn[nH]c1. The van der Waals surface area contributed by atoms with E-state index in [1.54, 1.807) is 0 Å². The van der Waals surface area contributed by atoms with Gasteiger partial charge in [-0.25, -0.2) is 0 Å². The first-order valence-corrected chi connectivity index (χ1v) is 4.36. The molecule has 7 nitrogen and oxygen atoms in total. The average Bonchev–Trinajstić information content (AvgIpc) is 2.66. The van der Waals surface area contributed by atoms with Gasteiger partial charge in [-0.05, 0) is 0 Å². The van der Waals surface area contributed by atoms with Crippen molar-refractivity contribution in [1.82, 2.24) is 15.5 Å². The number of nitrogens with two attached hydrogens (primary N) is 1. The van der Waals surface area contributed by atoms with Crippen LogP contribution in [0.15, 0.2) is 12.4 Å². The third kappa shape index (κ3) is 3.73. The van der Waals surface area contributed by atoms with Crippen molar-refractivity contribution in [3.63, 3.8) is 0 Å². The van der Waals surface area contributed by atoms with Crippen LogP contribution in [-0.4, -0.2) is 33.5 Å². The highest BCUT2D eigenvalue weighted by Crippen LogP contribution is 1.99. The van der Waals surface area contributed by atoms with Gasteiger partial charge in [0.05, 0.1) is 23.4 Å². The summed E-state index contributed by atoms with van der Waals surface area (Å²) in [5.41, 5.74) is 5.55. The zero-order chi connectivity index (χ0) is 11.3. The highest BCUT2D eigenvalue weighted by Gasteiger charge is 2.13. The van der Waals surface area contributed by atoms with Gasteiger partial charge in [-0.15, -0.1) is 0 Å². The number of nitrogens with zero attached hydrogens (tertiary/aromatic N) is 1. The van der Waals surface area contributed by atoms with E-state index in [9.17, 15) is 9.59 Å². The van der Waals surface area contributed by atoms with Crippen molar-refractivity contribution in [3.8, 4) is 0 Å². The molecule has 0 atom stereocenters. The van der Waals surface area contributed by atoms with Crippen LogP contribution in [0.3, 0.4) is 0 Å². The van der Waals surface area contributed by atoms with Crippen molar-refractivity contribution in [1.29, 1.82) is 0 Å². The topological polar surface area (TPSA) is 113 Å². The van der Waals surface area contributed by atoms with Crippen LogP contribution in [0.4, 0.5) is 5.69 Å². The Labute approximate surface area is 90.4 Å². The first kappa shape index (κ1) is 11.1. The van der Waals surface area contributed by atoms with E-state index in [0.29, 0.717) is 5.69 Å². The summed E-state index contributed by atoms with van der Waals surface area (Å²) in [6, 6.07) is 0. The number of amides is 2. The molecule has 0 aromatic carbocycles. The molecule has 80 valence electrons. The van der Waals surface area contributed by atoms with E-state index in [0.717, 1.165) is 0 Å². The maximum Gasteiger partial charge on any atom is 0.313 e. The molecule has 0 aliphatic rings. The molecule has 1 heterocycles. The van der Waals surface area contributed by atoms with Crippen molar-refractivity contribution in [2.24, 2.45) is 5.73 Å². The second kappa shape index (κ2) is 5.05. The number of carbonyl (C=O) groups excluding carboxylic acids is 2. The summed E-state index contributed by atoms with van der Waals surface area (Å²) in [6.45, 7) is -0.00697. The van der Waals surface area contributed by atoms with E-state index in [2.05, 4.69) is 33.0 Å². The Morgan fingerprint density at radius 1 is 1.53 bits per heavy atom. The van der Waals surface area contributed by atoms with Gasteiger partial charge in [0.2, 0.25) is 0 Å². The minimum Gasteiger partial charge on any atom is -0.392 e. The van der Waals surface area contributed by atoms with Gasteiger partial charge in [0, 0.05) is 6.20 Å². The summed E-state index contributed by atoms with van der Waals surface area (Å²) >= 11 is 4.53. The zero-order valence-corrected chi connectivity index (χ0v) is 8.43. The molecule has 0 bridgehead atoms. The van der Waals surface area contributed by atoms with E-state index < -0.39 is 11.8 Å². The minimum absolute atomic E-state index is 0.00697. The van der Waals surface area contributed by atoms with E-state index in [-0.39, 0.29) is 11.5 Å². The Morgan fingerprint density at radius 2 is 2.27 bits per heavy atom. The largest absolute Gasteiger partial charge is 0.392 e. The zero-order valence-electron chi connectivity index (χ0n) is 7.61. The predicted octanol–water partition coefficient (Wildman–Crippen LogP) is -1.25. The standard InChI is InChI=1S/C7H9N5O2S/c8-5(15)3-9-6(13)7(14)12-4-1-10-11-2-4/h1-2H,3H2,(H2,8,15)(H,9,13)(H,10,11)(H,12,14). The Hall–Kier alpha value is -1.96. The monoisotopic (exact) mass is 227 g/mol. The number of hydrogen-bond donors (Lipinski definition) is 4. The number of H-pyrrole nitrogens is 1. The second-order valence-electron chi connectivity index (χ2n) is 2.59. The normalized spacial score (nSPS) is 9.33. The molecule has 15 heavy (non-hydrogen) atoms. The van der Waals surface area contributed by atoms with E-state index >= 15 is 0 Å². The van der Waals surface area contributed by atoms with Crippen molar-refractivity contribution in [2.75, 3.05) is 11.9 Å². The maximum absolute atomic E-state index is 11.2. The number of carbonyl (C=O) groups is 2. The minimum atomic E-state index is -0.802. The summed E-state index contributed by atoms with van der Waals surface area (Å²) < 4.78 is 0. The van der Waals surface area contributed by atoms with Crippen LogP contribution in [0.5, 0.6) is 0 Å². The fourth-order valence-electron chi connectivity index (χ4n) is 0.755. The first-order valence-electron chi connectivity index (χ1n) is 3.96. The number of nitrogens with one attached hydrogen (secondary N) is 3. The van der Waals surface area contributed by atoms with E-state index in [1.165, 1.54) is 12.4 Å². The first-order chi connectivity index (χ1) is 7.09. The third-order valence-electron chi connectivity index (χ3n) is 1.39. The van der Waals surface area contributed by atoms with E-state index in [1.807, 2.05) is 0 Å². The molecule has 1 aromatic rings. The highest BCUT2D eigenvalue weighted by molar-refractivity contribution is 7.80. The second-order valence-corrected chi connectivity index (χ2v) is 3.11. The van der Waals surface area contributed by atoms with E-state index in [4.69, 9.17) is 5.73 Å². The van der Waals surface area contributed by atoms with Gasteiger partial charge in [-0.2, -0.15) is 5.10 Å². The number of anilines is 1. The summed E-state index contributed by atoms with van der Waals surface area (Å²) in [5.74, 6) is -1.60. The van der Waals surface area contributed by atoms with Crippen molar-refractivity contribution in [3.05, 3.63) is 12.4 Å². The quantitative estimate of drug-likeness (QED) is 0.380. The molecule has 5 N–H and O–H groups in total. The van der Waals surface area contributed by atoms with Gasteiger partial charge in [0.15, 0.2) is 0 Å². The summed E-state index contributed by atoms with van der Waals surface area (Å²) in [4.78, 5) is 22.4. The molecule has 0 saturated heterocycles. The number of thiocarbonyl (C=S) groups is 1. The summed E-state index contributed by atoms with van der Waals surface area (Å²) in [7, 11) is 0. The third-order valence-corrected chi connectivity index (χ3v) is 1.53. The number of hydrogen-bond acceptors (Lipinski definition) is 4. The lowest BCUT2D eigenvalue weighted by atomic mass is 10.4. The van der Waals surface area contributed by atoms with Crippen LogP contribution in [0.25, 0.3) is 0 Å². The van der Waals surface area contributed by atoms with Crippen LogP contribution in [0, 0.1) is 0 Å². The van der Waals surface area contributed by atoms with Gasteiger partial charge < -0.3 is 16.4 Å². The molecule has 0 radical (unpaired) electrons. The molecular formula is C7H9N5O2S. The number of aromatic amines is 1.